The van der Waals surface area contributed by atoms with Crippen LogP contribution in [-0.4, -0.2) is 69.9 Å². The van der Waals surface area contributed by atoms with Gasteiger partial charge in [0.15, 0.2) is 0 Å². The molecule has 5 N–H and O–H groups in total. The summed E-state index contributed by atoms with van der Waals surface area (Å²) in [5.41, 5.74) is 0. The Labute approximate surface area is 120 Å². The molecule has 0 bridgehead atoms. The first-order chi connectivity index (χ1) is 5.71. The summed E-state index contributed by atoms with van der Waals surface area (Å²) >= 11 is 0. The SMILES string of the molecule is O=P(O)(O)OP(=O)(O)O.O=P([O-])([O-])O.[Sr+2]. The monoisotopic (exact) mass is 362 g/mol. The summed E-state index contributed by atoms with van der Waals surface area (Å²) in [6.45, 7) is 0. The van der Waals surface area contributed by atoms with Crippen molar-refractivity contribution in [3.05, 3.63) is 0 Å². The second-order valence-corrected chi connectivity index (χ2v) is 5.08. The smallest absolute Gasteiger partial charge is 0.790 e. The van der Waals surface area contributed by atoms with E-state index in [4.69, 9.17) is 38.8 Å². The van der Waals surface area contributed by atoms with Crippen molar-refractivity contribution in [2.45, 2.75) is 0 Å². The molecule has 0 aliphatic carbocycles. The number of hydrogen-bond donors (Lipinski definition) is 5. The molecule has 0 saturated heterocycles. The van der Waals surface area contributed by atoms with Crippen LogP contribution < -0.4 is 9.79 Å². The third-order valence-electron chi connectivity index (χ3n) is 0.213. The standard InChI is InChI=1S/H4O7P2.H3O4P.Sr/c1-8(2,3)7-9(4,5)6;1-5(2,3)4;/h(H2,1,2,3)(H2,4,5,6);(H3,1,2,3,4);/q;;+2/p-2. The van der Waals surface area contributed by atoms with Gasteiger partial charge in [0.1, 0.15) is 0 Å². The average Bonchev–Trinajstić information content (AvgIpc) is 1.42. The van der Waals surface area contributed by atoms with Gasteiger partial charge in [-0.1, -0.05) is 0 Å². The van der Waals surface area contributed by atoms with Crippen molar-refractivity contribution >= 4 is 68.9 Å². The molecule has 0 saturated carbocycles. The van der Waals surface area contributed by atoms with Crippen LogP contribution in [0.25, 0.3) is 0 Å². The van der Waals surface area contributed by atoms with E-state index in [2.05, 4.69) is 4.31 Å². The Morgan fingerprint density at radius 3 is 0.933 bits per heavy atom. The van der Waals surface area contributed by atoms with Crippen molar-refractivity contribution in [2.75, 3.05) is 0 Å². The van der Waals surface area contributed by atoms with Crippen LogP contribution in [0.4, 0.5) is 0 Å². The molecule has 0 atom stereocenters. The largest absolute Gasteiger partial charge is 2.00 e. The van der Waals surface area contributed by atoms with Crippen LogP contribution in [0.3, 0.4) is 0 Å². The predicted octanol–water partition coefficient (Wildman–Crippen LogP) is -3.39. The van der Waals surface area contributed by atoms with E-state index < -0.39 is 23.5 Å². The van der Waals surface area contributed by atoms with E-state index >= 15 is 0 Å². The van der Waals surface area contributed by atoms with Gasteiger partial charge in [-0.15, -0.1) is 0 Å². The summed E-state index contributed by atoms with van der Waals surface area (Å²) in [5.74, 6) is 0. The van der Waals surface area contributed by atoms with Crippen molar-refractivity contribution < 1.29 is 52.3 Å². The van der Waals surface area contributed by atoms with Gasteiger partial charge in [0.2, 0.25) is 0 Å². The van der Waals surface area contributed by atoms with Crippen molar-refractivity contribution in [3.63, 3.8) is 0 Å². The van der Waals surface area contributed by atoms with E-state index in [0.29, 0.717) is 0 Å². The van der Waals surface area contributed by atoms with Crippen LogP contribution in [-0.2, 0) is 18.0 Å². The van der Waals surface area contributed by atoms with Crippen LogP contribution in [0.1, 0.15) is 0 Å². The van der Waals surface area contributed by atoms with E-state index in [9.17, 15) is 9.13 Å². The molecule has 0 rings (SSSR count). The van der Waals surface area contributed by atoms with Gasteiger partial charge in [-0.25, -0.2) is 9.13 Å². The first-order valence-corrected chi connectivity index (χ1v) is 6.83. The maximum Gasteiger partial charge on any atom is 2.00 e. The van der Waals surface area contributed by atoms with Crippen molar-refractivity contribution in [1.29, 1.82) is 0 Å². The summed E-state index contributed by atoms with van der Waals surface area (Å²) in [5, 5.41) is 0. The minimum atomic E-state index is -5.14. The molecule has 0 amide bonds. The van der Waals surface area contributed by atoms with E-state index in [1.54, 1.807) is 0 Å². The van der Waals surface area contributed by atoms with Crippen LogP contribution in [0.2, 0.25) is 0 Å². The molecule has 0 aromatic carbocycles. The molecular weight excluding hydrogens is 357 g/mol. The second kappa shape index (κ2) is 8.04. The summed E-state index contributed by atoms with van der Waals surface area (Å²) in [7, 11) is -15.2. The normalized spacial score (nSPS) is 12.2. The molecule has 88 valence electrons. The van der Waals surface area contributed by atoms with Gasteiger partial charge in [-0.05, 0) is 0 Å². The number of rotatable bonds is 2. The molecule has 0 aliphatic rings. The molecule has 0 spiro atoms. The van der Waals surface area contributed by atoms with Crippen molar-refractivity contribution in [2.24, 2.45) is 0 Å². The van der Waals surface area contributed by atoms with Gasteiger partial charge < -0.3 is 38.8 Å². The Balaban J connectivity index is -0.000000208. The molecule has 15 heteroatoms. The van der Waals surface area contributed by atoms with Crippen LogP contribution in [0, 0.1) is 0 Å². The molecule has 0 radical (unpaired) electrons. The Morgan fingerprint density at radius 2 is 0.933 bits per heavy atom. The van der Waals surface area contributed by atoms with Gasteiger partial charge in [-0.3, -0.25) is 0 Å². The molecule has 0 fully saturated rings. The zero-order valence-electron chi connectivity index (χ0n) is 6.73. The zero-order valence-corrected chi connectivity index (χ0v) is 12.9. The first-order valence-electron chi connectivity index (χ1n) is 2.28. The fourth-order valence-electron chi connectivity index (χ4n) is 0.139. The van der Waals surface area contributed by atoms with Gasteiger partial charge >= 0.3 is 61.1 Å². The molecular formula is H5O11P3Sr. The number of phosphoric acid groups is 3. The van der Waals surface area contributed by atoms with Gasteiger partial charge in [0.25, 0.3) is 0 Å². The van der Waals surface area contributed by atoms with E-state index in [1.165, 1.54) is 0 Å². The van der Waals surface area contributed by atoms with Gasteiger partial charge in [0.05, 0.1) is 7.82 Å². The Hall–Kier alpha value is 1.85. The van der Waals surface area contributed by atoms with E-state index in [-0.39, 0.29) is 45.5 Å². The zero-order chi connectivity index (χ0) is 12.2. The second-order valence-electron chi connectivity index (χ2n) is 1.53. The van der Waals surface area contributed by atoms with E-state index in [1.807, 2.05) is 0 Å². The minimum absolute atomic E-state index is 0. The van der Waals surface area contributed by atoms with Gasteiger partial charge in [0, 0.05) is 0 Å². The molecule has 0 aromatic heterocycles. The predicted molar refractivity (Wildman–Crippen MR) is 40.8 cm³/mol. The average molecular weight is 362 g/mol. The molecule has 0 aliphatic heterocycles. The molecule has 0 unspecified atom stereocenters. The first kappa shape index (κ1) is 22.1. The maximum atomic E-state index is 9.63. The molecule has 0 aromatic rings. The molecule has 11 nitrogen and oxygen atoms in total. The molecule has 0 heterocycles. The number of hydrogen-bond acceptors (Lipinski definition) is 6. The fourth-order valence-corrected chi connectivity index (χ4v) is 1.25. The fraction of sp³-hybridized carbons (Fsp3) is 0. The van der Waals surface area contributed by atoms with Crippen LogP contribution >= 0.6 is 23.5 Å². The molecule has 15 heavy (non-hydrogen) atoms. The topological polar surface area (TPSA) is 208 Å². The van der Waals surface area contributed by atoms with Crippen LogP contribution in [0.15, 0.2) is 0 Å². The summed E-state index contributed by atoms with van der Waals surface area (Å²) < 4.78 is 30.9. The Morgan fingerprint density at radius 1 is 0.800 bits per heavy atom. The van der Waals surface area contributed by atoms with Crippen LogP contribution in [0.5, 0.6) is 0 Å². The van der Waals surface area contributed by atoms with Crippen molar-refractivity contribution in [3.8, 4) is 0 Å². The van der Waals surface area contributed by atoms with Gasteiger partial charge in [-0.2, -0.15) is 4.31 Å². The quantitative estimate of drug-likeness (QED) is 0.242. The van der Waals surface area contributed by atoms with Crippen molar-refractivity contribution in [1.82, 2.24) is 0 Å². The Kier molecular flexibility index (Phi) is 11.8. The Bertz CT molecular complexity index is 259. The van der Waals surface area contributed by atoms with E-state index in [0.717, 1.165) is 0 Å². The summed E-state index contributed by atoms with van der Waals surface area (Å²) in [6.07, 6.45) is 0. The third-order valence-corrected chi connectivity index (χ3v) is 1.91. The minimum Gasteiger partial charge on any atom is -0.790 e. The maximum absolute atomic E-state index is 9.63. The summed E-state index contributed by atoms with van der Waals surface area (Å²) in [4.78, 5) is 55.3. The summed E-state index contributed by atoms with van der Waals surface area (Å²) in [6, 6.07) is 0. The third kappa shape index (κ3) is 49.3.